The van der Waals surface area contributed by atoms with Crippen LogP contribution in [0.25, 0.3) is 0 Å². The predicted octanol–water partition coefficient (Wildman–Crippen LogP) is 2.82. The van der Waals surface area contributed by atoms with E-state index in [0.717, 1.165) is 19.1 Å². The van der Waals surface area contributed by atoms with Gasteiger partial charge in [-0.25, -0.2) is 0 Å². The fourth-order valence-corrected chi connectivity index (χ4v) is 1.18. The second-order valence-electron chi connectivity index (χ2n) is 2.80. The van der Waals surface area contributed by atoms with Crippen molar-refractivity contribution in [3.05, 3.63) is 42.0 Å². The molecule has 0 saturated carbocycles. The number of rotatable bonds is 4. The predicted molar refractivity (Wildman–Crippen MR) is 50.7 cm³/mol. The molecule has 0 spiro atoms. The van der Waals surface area contributed by atoms with Gasteiger partial charge in [-0.05, 0) is 19.4 Å². The molecule has 1 radical (unpaired) electrons. The summed E-state index contributed by atoms with van der Waals surface area (Å²) < 4.78 is 5.36. The van der Waals surface area contributed by atoms with Crippen LogP contribution in [0.5, 0.6) is 0 Å². The van der Waals surface area contributed by atoms with Crippen molar-refractivity contribution in [1.82, 2.24) is 0 Å². The molecular weight excluding hydrogens is 148 g/mol. The van der Waals surface area contributed by atoms with Crippen molar-refractivity contribution in [1.29, 1.82) is 0 Å². The van der Waals surface area contributed by atoms with Gasteiger partial charge in [-0.1, -0.05) is 30.3 Å². The number of hydrogen-bond donors (Lipinski definition) is 0. The Balaban J connectivity index is 2.41. The smallest absolute Gasteiger partial charge is 0.0983 e. The van der Waals surface area contributed by atoms with Gasteiger partial charge in [-0.3, -0.25) is 0 Å². The summed E-state index contributed by atoms with van der Waals surface area (Å²) in [7, 11) is 0. The molecule has 0 saturated heterocycles. The summed E-state index contributed by atoms with van der Waals surface area (Å²) in [6.07, 6.45) is 2.01. The minimum absolute atomic E-state index is 0.763. The van der Waals surface area contributed by atoms with Gasteiger partial charge in [0.1, 0.15) is 0 Å². The van der Waals surface area contributed by atoms with Gasteiger partial charge < -0.3 is 4.74 Å². The van der Waals surface area contributed by atoms with Crippen LogP contribution in [-0.2, 0) is 11.2 Å². The lowest BCUT2D eigenvalue weighted by Crippen LogP contribution is -2.01. The maximum absolute atomic E-state index is 5.36. The standard InChI is InChI=1S/C11H15O/c1-3-12-10(2)9-11-7-5-4-6-8-11/h4-8H,3,9H2,1-2H3. The molecule has 0 fully saturated rings. The summed E-state index contributed by atoms with van der Waals surface area (Å²) in [6.45, 7) is 4.80. The van der Waals surface area contributed by atoms with Gasteiger partial charge in [-0.15, -0.1) is 0 Å². The van der Waals surface area contributed by atoms with Crippen LogP contribution in [0.1, 0.15) is 19.4 Å². The van der Waals surface area contributed by atoms with E-state index in [4.69, 9.17) is 4.74 Å². The van der Waals surface area contributed by atoms with E-state index in [-0.39, 0.29) is 0 Å². The molecule has 0 aromatic heterocycles. The fraction of sp³-hybridized carbons (Fsp3) is 0.364. The van der Waals surface area contributed by atoms with Gasteiger partial charge in [-0.2, -0.15) is 0 Å². The largest absolute Gasteiger partial charge is 0.372 e. The van der Waals surface area contributed by atoms with Crippen LogP contribution in [0.15, 0.2) is 30.3 Å². The molecule has 1 rings (SSSR count). The lowest BCUT2D eigenvalue weighted by atomic mass is 10.1. The molecule has 12 heavy (non-hydrogen) atoms. The van der Waals surface area contributed by atoms with Crippen LogP contribution in [0, 0.1) is 6.10 Å². The molecule has 0 unspecified atom stereocenters. The van der Waals surface area contributed by atoms with Gasteiger partial charge >= 0.3 is 0 Å². The molecule has 0 aliphatic carbocycles. The Bertz CT molecular complexity index is 206. The topological polar surface area (TPSA) is 9.23 Å². The quantitative estimate of drug-likeness (QED) is 0.663. The zero-order valence-electron chi connectivity index (χ0n) is 7.71. The molecular formula is C11H15O. The highest BCUT2D eigenvalue weighted by atomic mass is 16.5. The van der Waals surface area contributed by atoms with E-state index in [2.05, 4.69) is 24.3 Å². The summed E-state index contributed by atoms with van der Waals surface area (Å²) >= 11 is 0. The Hall–Kier alpha value is -0.820. The second-order valence-corrected chi connectivity index (χ2v) is 2.80. The summed E-state index contributed by atoms with van der Waals surface area (Å²) in [6, 6.07) is 10.4. The molecule has 0 aliphatic rings. The van der Waals surface area contributed by atoms with Gasteiger partial charge in [0.25, 0.3) is 0 Å². The maximum atomic E-state index is 5.36. The normalized spacial score (nSPS) is 10.6. The molecule has 0 bridgehead atoms. The van der Waals surface area contributed by atoms with E-state index in [1.807, 2.05) is 19.9 Å². The Morgan fingerprint density at radius 1 is 1.25 bits per heavy atom. The number of hydrogen-bond acceptors (Lipinski definition) is 1. The highest BCUT2D eigenvalue weighted by Crippen LogP contribution is 2.10. The van der Waals surface area contributed by atoms with Crippen molar-refractivity contribution in [2.75, 3.05) is 6.61 Å². The third-order valence-electron chi connectivity index (χ3n) is 1.69. The molecule has 0 N–H and O–H groups in total. The number of ether oxygens (including phenoxy) is 1. The van der Waals surface area contributed by atoms with Crippen LogP contribution >= 0.6 is 0 Å². The van der Waals surface area contributed by atoms with E-state index < -0.39 is 0 Å². The van der Waals surface area contributed by atoms with Crippen LogP contribution in [0.3, 0.4) is 0 Å². The Morgan fingerprint density at radius 2 is 1.92 bits per heavy atom. The van der Waals surface area contributed by atoms with Crippen LogP contribution in [-0.4, -0.2) is 6.61 Å². The minimum Gasteiger partial charge on any atom is -0.372 e. The third-order valence-corrected chi connectivity index (χ3v) is 1.69. The lowest BCUT2D eigenvalue weighted by molar-refractivity contribution is 0.160. The molecule has 0 atom stereocenters. The zero-order valence-corrected chi connectivity index (χ0v) is 7.71. The highest BCUT2D eigenvalue weighted by molar-refractivity contribution is 5.17. The van der Waals surface area contributed by atoms with Crippen LogP contribution in [0.4, 0.5) is 0 Å². The molecule has 0 amide bonds. The summed E-state index contributed by atoms with van der Waals surface area (Å²) in [4.78, 5) is 0. The van der Waals surface area contributed by atoms with Crippen molar-refractivity contribution in [2.45, 2.75) is 20.3 Å². The van der Waals surface area contributed by atoms with Crippen molar-refractivity contribution in [3.63, 3.8) is 0 Å². The maximum Gasteiger partial charge on any atom is 0.0983 e. The van der Waals surface area contributed by atoms with E-state index in [9.17, 15) is 0 Å². The summed E-state index contributed by atoms with van der Waals surface area (Å²) in [5, 5.41) is 0. The Labute approximate surface area is 74.4 Å². The molecule has 1 heteroatoms. The van der Waals surface area contributed by atoms with Crippen molar-refractivity contribution >= 4 is 0 Å². The second kappa shape index (κ2) is 4.94. The number of benzene rings is 1. The average molecular weight is 163 g/mol. The van der Waals surface area contributed by atoms with Crippen molar-refractivity contribution in [2.24, 2.45) is 0 Å². The average Bonchev–Trinajstić information content (AvgIpc) is 2.06. The van der Waals surface area contributed by atoms with E-state index in [1.165, 1.54) is 5.56 Å². The first-order valence-corrected chi connectivity index (χ1v) is 4.32. The molecule has 1 aromatic carbocycles. The fourth-order valence-electron chi connectivity index (χ4n) is 1.18. The summed E-state index contributed by atoms with van der Waals surface area (Å²) in [5.41, 5.74) is 1.31. The van der Waals surface area contributed by atoms with Crippen molar-refractivity contribution in [3.8, 4) is 0 Å². The van der Waals surface area contributed by atoms with Gasteiger partial charge in [0, 0.05) is 13.0 Å². The van der Waals surface area contributed by atoms with Crippen LogP contribution < -0.4 is 0 Å². The Morgan fingerprint density at radius 3 is 2.50 bits per heavy atom. The first-order valence-electron chi connectivity index (χ1n) is 4.32. The highest BCUT2D eigenvalue weighted by Gasteiger charge is 2.02. The Kier molecular flexibility index (Phi) is 3.81. The summed E-state index contributed by atoms with van der Waals surface area (Å²) in [5.74, 6) is 0. The monoisotopic (exact) mass is 163 g/mol. The molecule has 1 aromatic rings. The van der Waals surface area contributed by atoms with E-state index >= 15 is 0 Å². The zero-order chi connectivity index (χ0) is 8.81. The van der Waals surface area contributed by atoms with Crippen LogP contribution in [0.2, 0.25) is 0 Å². The third kappa shape index (κ3) is 3.05. The SMILES string of the molecule is CCO[C](C)Cc1ccccc1. The minimum atomic E-state index is 0.763. The lowest BCUT2D eigenvalue weighted by Gasteiger charge is -2.09. The van der Waals surface area contributed by atoms with Gasteiger partial charge in [0.15, 0.2) is 0 Å². The van der Waals surface area contributed by atoms with Gasteiger partial charge in [0.2, 0.25) is 0 Å². The molecule has 1 nitrogen and oxygen atoms in total. The van der Waals surface area contributed by atoms with E-state index in [0.29, 0.717) is 0 Å². The van der Waals surface area contributed by atoms with E-state index in [1.54, 1.807) is 0 Å². The molecule has 65 valence electrons. The molecule has 0 heterocycles. The van der Waals surface area contributed by atoms with Crippen molar-refractivity contribution < 1.29 is 4.74 Å². The first-order chi connectivity index (χ1) is 5.83. The molecule has 0 aliphatic heterocycles. The van der Waals surface area contributed by atoms with Gasteiger partial charge in [0.05, 0.1) is 6.10 Å². The first kappa shape index (κ1) is 9.27.